The van der Waals surface area contributed by atoms with Gasteiger partial charge in [-0.15, -0.1) is 3.71 Å². The van der Waals surface area contributed by atoms with Gasteiger partial charge in [-0.2, -0.15) is 21.6 Å². The standard InChI is InChI=1S/C20H26N4O6S2/c21-20(25)17-7-9-19(10-8-17)31(26,27)24(18-5-2-1-3-6-18)32(28,29)22-11-4-12-23-13-15-30-16-14-23/h1-3,5-10,22H,4,11-16H2,(H2,21,25). The van der Waals surface area contributed by atoms with Gasteiger partial charge in [-0.05, 0) is 49.4 Å². The molecule has 0 spiro atoms. The van der Waals surface area contributed by atoms with Gasteiger partial charge in [-0.25, -0.2) is 0 Å². The highest BCUT2D eigenvalue weighted by Crippen LogP contribution is 2.26. The Bertz CT molecular complexity index is 1120. The van der Waals surface area contributed by atoms with Crippen molar-refractivity contribution in [3.05, 3.63) is 60.2 Å². The number of carbonyl (C=O) groups excluding carboxylic acids is 1. The maximum atomic E-state index is 13.3. The number of nitrogens with two attached hydrogens (primary N) is 1. The molecule has 174 valence electrons. The number of sulfonamides is 1. The predicted molar refractivity (Wildman–Crippen MR) is 120 cm³/mol. The summed E-state index contributed by atoms with van der Waals surface area (Å²) in [4.78, 5) is 13.2. The average Bonchev–Trinajstić information content (AvgIpc) is 2.78. The summed E-state index contributed by atoms with van der Waals surface area (Å²) in [5.41, 5.74) is 5.28. The highest BCUT2D eigenvalue weighted by molar-refractivity contribution is 8.09. The number of nitrogens with zero attached hydrogens (tertiary/aromatic N) is 2. The molecule has 1 aliphatic rings. The zero-order valence-corrected chi connectivity index (χ0v) is 19.0. The predicted octanol–water partition coefficient (Wildman–Crippen LogP) is 0.538. The molecule has 0 bridgehead atoms. The summed E-state index contributed by atoms with van der Waals surface area (Å²) in [6, 6.07) is 12.3. The summed E-state index contributed by atoms with van der Waals surface area (Å²) < 4.78 is 60.9. The van der Waals surface area contributed by atoms with E-state index in [9.17, 15) is 21.6 Å². The van der Waals surface area contributed by atoms with Gasteiger partial charge in [-0.3, -0.25) is 9.69 Å². The van der Waals surface area contributed by atoms with Crippen LogP contribution in [0.15, 0.2) is 59.5 Å². The second-order valence-corrected chi connectivity index (χ2v) is 10.8. The van der Waals surface area contributed by atoms with Crippen molar-refractivity contribution in [1.82, 2.24) is 9.62 Å². The molecular formula is C20H26N4O6S2. The van der Waals surface area contributed by atoms with E-state index in [1.165, 1.54) is 24.3 Å². The van der Waals surface area contributed by atoms with Crippen LogP contribution >= 0.6 is 0 Å². The van der Waals surface area contributed by atoms with Crippen LogP contribution in [-0.2, 0) is 25.0 Å². The molecule has 1 aliphatic heterocycles. The molecule has 1 amide bonds. The van der Waals surface area contributed by atoms with Gasteiger partial charge in [0.15, 0.2) is 0 Å². The van der Waals surface area contributed by atoms with Crippen LogP contribution in [0.1, 0.15) is 16.8 Å². The van der Waals surface area contributed by atoms with E-state index in [0.29, 0.717) is 29.9 Å². The summed E-state index contributed by atoms with van der Waals surface area (Å²) >= 11 is 0. The molecule has 1 fully saturated rings. The molecule has 2 aromatic carbocycles. The minimum atomic E-state index is -4.51. The molecule has 0 aromatic heterocycles. The molecule has 0 aliphatic carbocycles. The fourth-order valence-corrected chi connectivity index (χ4v) is 6.67. The van der Waals surface area contributed by atoms with Crippen LogP contribution in [0.25, 0.3) is 0 Å². The van der Waals surface area contributed by atoms with E-state index in [1.807, 2.05) is 0 Å². The molecule has 10 nitrogen and oxygen atoms in total. The van der Waals surface area contributed by atoms with Gasteiger partial charge >= 0.3 is 10.2 Å². The van der Waals surface area contributed by atoms with Crippen molar-refractivity contribution in [3.8, 4) is 0 Å². The molecule has 1 heterocycles. The van der Waals surface area contributed by atoms with E-state index in [1.54, 1.807) is 18.2 Å². The lowest BCUT2D eigenvalue weighted by Crippen LogP contribution is -2.45. The normalized spacial score (nSPS) is 15.4. The minimum Gasteiger partial charge on any atom is -0.379 e. The minimum absolute atomic E-state index is 0.0350. The Labute approximate surface area is 188 Å². The molecule has 0 unspecified atom stereocenters. The second kappa shape index (κ2) is 10.4. The van der Waals surface area contributed by atoms with Crippen LogP contribution < -0.4 is 14.2 Å². The van der Waals surface area contributed by atoms with E-state index < -0.39 is 26.1 Å². The number of rotatable bonds is 10. The Morgan fingerprint density at radius 1 is 1.00 bits per heavy atom. The van der Waals surface area contributed by atoms with Crippen LogP contribution in [0.5, 0.6) is 0 Å². The number of nitrogens with one attached hydrogen (secondary N) is 1. The van der Waals surface area contributed by atoms with Crippen molar-refractivity contribution in [1.29, 1.82) is 0 Å². The van der Waals surface area contributed by atoms with Gasteiger partial charge in [0, 0.05) is 25.2 Å². The van der Waals surface area contributed by atoms with Crippen LogP contribution in [0, 0.1) is 0 Å². The van der Waals surface area contributed by atoms with Gasteiger partial charge in [0.2, 0.25) is 5.91 Å². The smallest absolute Gasteiger partial charge is 0.315 e. The van der Waals surface area contributed by atoms with E-state index in [2.05, 4.69) is 9.62 Å². The Kier molecular flexibility index (Phi) is 7.85. The third-order valence-corrected chi connectivity index (χ3v) is 8.79. The highest BCUT2D eigenvalue weighted by Gasteiger charge is 2.35. The number of anilines is 1. The van der Waals surface area contributed by atoms with Crippen LogP contribution in [-0.4, -0.2) is 67.0 Å². The van der Waals surface area contributed by atoms with E-state index in [4.69, 9.17) is 10.5 Å². The Morgan fingerprint density at radius 3 is 2.22 bits per heavy atom. The molecule has 0 saturated carbocycles. The summed E-state index contributed by atoms with van der Waals surface area (Å²) in [6.45, 7) is 3.56. The van der Waals surface area contributed by atoms with Crippen molar-refractivity contribution in [2.75, 3.05) is 43.1 Å². The number of hydrogen-bond acceptors (Lipinski definition) is 7. The molecule has 32 heavy (non-hydrogen) atoms. The zero-order chi connectivity index (χ0) is 23.2. The Hall–Kier alpha value is -2.51. The number of ether oxygens (including phenoxy) is 1. The highest BCUT2D eigenvalue weighted by atomic mass is 32.3. The number of carbonyl (C=O) groups is 1. The first-order chi connectivity index (χ1) is 15.2. The lowest BCUT2D eigenvalue weighted by atomic mass is 10.2. The van der Waals surface area contributed by atoms with Gasteiger partial charge in [0.05, 0.1) is 23.8 Å². The fraction of sp³-hybridized carbons (Fsp3) is 0.350. The molecule has 3 rings (SSSR count). The van der Waals surface area contributed by atoms with Crippen LogP contribution in [0.2, 0.25) is 0 Å². The molecule has 0 atom stereocenters. The molecule has 2 aromatic rings. The van der Waals surface area contributed by atoms with E-state index in [-0.39, 0.29) is 22.7 Å². The molecule has 0 radical (unpaired) electrons. The maximum absolute atomic E-state index is 13.3. The number of primary amides is 1. The van der Waals surface area contributed by atoms with Gasteiger partial charge < -0.3 is 10.5 Å². The van der Waals surface area contributed by atoms with Crippen molar-refractivity contribution < 1.29 is 26.4 Å². The molecule has 12 heteroatoms. The third kappa shape index (κ3) is 5.84. The fourth-order valence-electron chi connectivity index (χ4n) is 3.23. The Balaban J connectivity index is 1.82. The van der Waals surface area contributed by atoms with Gasteiger partial charge in [0.25, 0.3) is 10.0 Å². The van der Waals surface area contributed by atoms with Gasteiger partial charge in [0.1, 0.15) is 0 Å². The Morgan fingerprint density at radius 2 is 1.62 bits per heavy atom. The summed E-state index contributed by atoms with van der Waals surface area (Å²) in [5, 5.41) is 0. The number of benzene rings is 2. The van der Waals surface area contributed by atoms with Crippen molar-refractivity contribution in [2.24, 2.45) is 5.73 Å². The molecule has 3 N–H and O–H groups in total. The van der Waals surface area contributed by atoms with Crippen molar-refractivity contribution in [2.45, 2.75) is 11.3 Å². The summed E-state index contributed by atoms with van der Waals surface area (Å²) in [6.07, 6.45) is 0.509. The maximum Gasteiger partial charge on any atom is 0.315 e. The van der Waals surface area contributed by atoms with E-state index >= 15 is 0 Å². The summed E-state index contributed by atoms with van der Waals surface area (Å²) in [5.74, 6) is -0.719. The number of amides is 1. The SMILES string of the molecule is NC(=O)c1ccc(S(=O)(=O)N(c2ccccc2)S(=O)(=O)NCCCN2CCOCC2)cc1. The first-order valence-electron chi connectivity index (χ1n) is 10.0. The molecule has 1 saturated heterocycles. The number of hydrogen-bond donors (Lipinski definition) is 2. The summed E-state index contributed by atoms with van der Waals surface area (Å²) in [7, 11) is -8.96. The van der Waals surface area contributed by atoms with Crippen molar-refractivity contribution in [3.63, 3.8) is 0 Å². The first kappa shape index (κ1) is 24.1. The topological polar surface area (TPSA) is 139 Å². The monoisotopic (exact) mass is 482 g/mol. The lowest BCUT2D eigenvalue weighted by Gasteiger charge is -2.27. The average molecular weight is 483 g/mol. The zero-order valence-electron chi connectivity index (χ0n) is 17.4. The molecular weight excluding hydrogens is 456 g/mol. The van der Waals surface area contributed by atoms with E-state index in [0.717, 1.165) is 25.2 Å². The quantitative estimate of drug-likeness (QED) is 0.471. The van der Waals surface area contributed by atoms with Crippen LogP contribution in [0.4, 0.5) is 5.69 Å². The second-order valence-electron chi connectivity index (χ2n) is 7.13. The van der Waals surface area contributed by atoms with Crippen LogP contribution in [0.3, 0.4) is 0 Å². The van der Waals surface area contributed by atoms with Gasteiger partial charge in [-0.1, -0.05) is 18.2 Å². The third-order valence-electron chi connectivity index (χ3n) is 4.88. The lowest BCUT2D eigenvalue weighted by molar-refractivity contribution is 0.0376. The van der Waals surface area contributed by atoms with Crippen molar-refractivity contribution >= 4 is 31.8 Å². The largest absolute Gasteiger partial charge is 0.379 e. The number of para-hydroxylation sites is 1. The number of morpholine rings is 1. The first-order valence-corrected chi connectivity index (χ1v) is 12.9.